The van der Waals surface area contributed by atoms with Gasteiger partial charge in [-0.15, -0.1) is 0 Å². The maximum Gasteiger partial charge on any atom is 0.155 e. The van der Waals surface area contributed by atoms with Gasteiger partial charge in [0.2, 0.25) is 0 Å². The molecule has 0 aliphatic carbocycles. The van der Waals surface area contributed by atoms with Gasteiger partial charge in [0.25, 0.3) is 0 Å². The van der Waals surface area contributed by atoms with Crippen LogP contribution in [-0.2, 0) is 11.3 Å². The van der Waals surface area contributed by atoms with Crippen LogP contribution in [-0.4, -0.2) is 17.1 Å². The smallest absolute Gasteiger partial charge is 0.155 e. The van der Waals surface area contributed by atoms with Crippen LogP contribution in [0.3, 0.4) is 0 Å². The highest BCUT2D eigenvalue weighted by Crippen LogP contribution is 2.09. The molecule has 1 rings (SSSR count). The molecule has 0 amide bonds. The maximum absolute atomic E-state index is 5.74. The minimum absolute atomic E-state index is 0.403. The Morgan fingerprint density at radius 1 is 1.64 bits per heavy atom. The number of halogens is 1. The van der Waals surface area contributed by atoms with E-state index in [1.54, 1.807) is 13.3 Å². The lowest BCUT2D eigenvalue weighted by molar-refractivity contribution is 0.177. The molecule has 0 aromatic carbocycles. The number of ether oxygens (including phenoxy) is 1. The van der Waals surface area contributed by atoms with E-state index < -0.39 is 0 Å². The van der Waals surface area contributed by atoms with E-state index >= 15 is 0 Å². The van der Waals surface area contributed by atoms with Crippen molar-refractivity contribution in [3.05, 3.63) is 22.7 Å². The van der Waals surface area contributed by atoms with Gasteiger partial charge in [0.1, 0.15) is 11.8 Å². The number of hydrogen-bond acceptors (Lipinski definition) is 3. The minimum Gasteiger partial charge on any atom is -0.377 e. The molecule has 0 aliphatic rings. The van der Waals surface area contributed by atoms with Crippen molar-refractivity contribution in [2.45, 2.75) is 13.5 Å². The first kappa shape index (κ1) is 8.43. The van der Waals surface area contributed by atoms with Gasteiger partial charge in [0, 0.05) is 18.9 Å². The van der Waals surface area contributed by atoms with Gasteiger partial charge in [0.05, 0.1) is 0 Å². The Bertz CT molecular complexity index is 252. The number of aromatic nitrogens is 2. The summed E-state index contributed by atoms with van der Waals surface area (Å²) in [7, 11) is 1.59. The van der Waals surface area contributed by atoms with E-state index in [1.807, 2.05) is 6.92 Å². The van der Waals surface area contributed by atoms with Crippen molar-refractivity contribution >= 4 is 11.6 Å². The van der Waals surface area contributed by atoms with Gasteiger partial charge < -0.3 is 4.74 Å². The molecular formula is C7H9ClN2O. The van der Waals surface area contributed by atoms with E-state index in [4.69, 9.17) is 16.3 Å². The summed E-state index contributed by atoms with van der Waals surface area (Å²) in [4.78, 5) is 8.00. The van der Waals surface area contributed by atoms with Crippen LogP contribution in [0.15, 0.2) is 6.20 Å². The summed E-state index contributed by atoms with van der Waals surface area (Å²) in [5, 5.41) is 0.493. The number of methoxy groups -OCH3 is 1. The third kappa shape index (κ3) is 2.13. The van der Waals surface area contributed by atoms with Crippen LogP contribution >= 0.6 is 11.6 Å². The highest BCUT2D eigenvalue weighted by Gasteiger charge is 1.99. The Labute approximate surface area is 70.4 Å². The molecule has 0 bridgehead atoms. The summed E-state index contributed by atoms with van der Waals surface area (Å²) >= 11 is 5.74. The highest BCUT2D eigenvalue weighted by atomic mass is 35.5. The van der Waals surface area contributed by atoms with Crippen molar-refractivity contribution in [2.75, 3.05) is 7.11 Å². The molecule has 0 atom stereocenters. The lowest BCUT2D eigenvalue weighted by Gasteiger charge is -1.99. The fraction of sp³-hybridized carbons (Fsp3) is 0.429. The normalized spacial score (nSPS) is 10.1. The second-order valence-corrected chi connectivity index (χ2v) is 2.55. The second-order valence-electron chi connectivity index (χ2n) is 2.19. The van der Waals surface area contributed by atoms with E-state index in [0.29, 0.717) is 17.6 Å². The number of nitrogens with zero attached hydrogens (tertiary/aromatic N) is 2. The van der Waals surface area contributed by atoms with Crippen LogP contribution in [0.5, 0.6) is 0 Å². The Kier molecular flexibility index (Phi) is 2.79. The fourth-order valence-corrected chi connectivity index (χ4v) is 0.800. The monoisotopic (exact) mass is 172 g/mol. The quantitative estimate of drug-likeness (QED) is 0.636. The van der Waals surface area contributed by atoms with Crippen molar-refractivity contribution in [1.82, 2.24) is 9.97 Å². The van der Waals surface area contributed by atoms with Crippen LogP contribution < -0.4 is 0 Å². The average Bonchev–Trinajstić information content (AvgIpc) is 1.98. The van der Waals surface area contributed by atoms with Crippen LogP contribution in [0.4, 0.5) is 0 Å². The summed E-state index contributed by atoms with van der Waals surface area (Å²) in [6.45, 7) is 2.26. The largest absolute Gasteiger partial charge is 0.377 e. The summed E-state index contributed by atoms with van der Waals surface area (Å²) in [6.07, 6.45) is 1.68. The first-order valence-electron chi connectivity index (χ1n) is 3.21. The Balaban J connectivity index is 2.86. The number of rotatable bonds is 2. The van der Waals surface area contributed by atoms with Crippen molar-refractivity contribution in [3.8, 4) is 0 Å². The Morgan fingerprint density at radius 3 is 2.91 bits per heavy atom. The SMILES string of the molecule is COCc1ncc(C)c(Cl)n1. The molecule has 0 saturated heterocycles. The summed E-state index contributed by atoms with van der Waals surface area (Å²) in [5.41, 5.74) is 0.881. The van der Waals surface area contributed by atoms with E-state index in [0.717, 1.165) is 5.56 Å². The standard InChI is InChI=1S/C7H9ClN2O/c1-5-3-9-6(4-11-2)10-7(5)8/h3H,4H2,1-2H3. The zero-order valence-electron chi connectivity index (χ0n) is 6.47. The van der Waals surface area contributed by atoms with E-state index in [-0.39, 0.29) is 0 Å². The molecule has 1 aromatic rings. The lowest BCUT2D eigenvalue weighted by Crippen LogP contribution is -1.97. The molecule has 1 aromatic heterocycles. The second kappa shape index (κ2) is 3.64. The van der Waals surface area contributed by atoms with Gasteiger partial charge >= 0.3 is 0 Å². The van der Waals surface area contributed by atoms with E-state index in [9.17, 15) is 0 Å². The Hall–Kier alpha value is -0.670. The number of aryl methyl sites for hydroxylation is 1. The zero-order valence-corrected chi connectivity index (χ0v) is 7.22. The first-order chi connectivity index (χ1) is 5.24. The van der Waals surface area contributed by atoms with Crippen molar-refractivity contribution < 1.29 is 4.74 Å². The summed E-state index contributed by atoms with van der Waals surface area (Å²) in [5.74, 6) is 0.614. The summed E-state index contributed by atoms with van der Waals surface area (Å²) < 4.78 is 4.84. The Morgan fingerprint density at radius 2 is 2.36 bits per heavy atom. The lowest BCUT2D eigenvalue weighted by atomic mass is 10.4. The highest BCUT2D eigenvalue weighted by molar-refractivity contribution is 6.30. The third-order valence-electron chi connectivity index (χ3n) is 1.23. The third-order valence-corrected chi connectivity index (χ3v) is 1.62. The van der Waals surface area contributed by atoms with Gasteiger partial charge in [-0.05, 0) is 6.92 Å². The topological polar surface area (TPSA) is 35.0 Å². The molecule has 0 radical (unpaired) electrons. The first-order valence-corrected chi connectivity index (χ1v) is 3.59. The zero-order chi connectivity index (χ0) is 8.27. The molecule has 3 nitrogen and oxygen atoms in total. The van der Waals surface area contributed by atoms with E-state index in [2.05, 4.69) is 9.97 Å². The van der Waals surface area contributed by atoms with Gasteiger partial charge in [-0.3, -0.25) is 0 Å². The van der Waals surface area contributed by atoms with Crippen LogP contribution in [0.1, 0.15) is 11.4 Å². The van der Waals surface area contributed by atoms with Crippen molar-refractivity contribution in [1.29, 1.82) is 0 Å². The molecule has 11 heavy (non-hydrogen) atoms. The predicted molar refractivity (Wildman–Crippen MR) is 42.5 cm³/mol. The molecule has 4 heteroatoms. The van der Waals surface area contributed by atoms with Gasteiger partial charge in [0.15, 0.2) is 5.82 Å². The maximum atomic E-state index is 5.74. The van der Waals surface area contributed by atoms with E-state index in [1.165, 1.54) is 0 Å². The molecule has 1 heterocycles. The minimum atomic E-state index is 0.403. The van der Waals surface area contributed by atoms with Gasteiger partial charge in [-0.1, -0.05) is 11.6 Å². The summed E-state index contributed by atoms with van der Waals surface area (Å²) in [6, 6.07) is 0. The predicted octanol–water partition coefficient (Wildman–Crippen LogP) is 1.58. The molecule has 0 N–H and O–H groups in total. The van der Waals surface area contributed by atoms with Crippen LogP contribution in [0.2, 0.25) is 5.15 Å². The molecule has 0 unspecified atom stereocenters. The van der Waals surface area contributed by atoms with Crippen LogP contribution in [0, 0.1) is 6.92 Å². The van der Waals surface area contributed by atoms with Crippen molar-refractivity contribution in [2.24, 2.45) is 0 Å². The molecule has 0 spiro atoms. The molecule has 0 saturated carbocycles. The van der Waals surface area contributed by atoms with Crippen molar-refractivity contribution in [3.63, 3.8) is 0 Å². The fourth-order valence-electron chi connectivity index (χ4n) is 0.654. The van der Waals surface area contributed by atoms with Gasteiger partial charge in [-0.25, -0.2) is 9.97 Å². The molecule has 0 aliphatic heterocycles. The molecule has 0 fully saturated rings. The molecule has 60 valence electrons. The molecular weight excluding hydrogens is 164 g/mol. The van der Waals surface area contributed by atoms with Crippen LogP contribution in [0.25, 0.3) is 0 Å². The number of hydrogen-bond donors (Lipinski definition) is 0. The average molecular weight is 173 g/mol. The van der Waals surface area contributed by atoms with Gasteiger partial charge in [-0.2, -0.15) is 0 Å².